The van der Waals surface area contributed by atoms with Crippen LogP contribution in [0.1, 0.15) is 18.9 Å². The van der Waals surface area contributed by atoms with Gasteiger partial charge in [0.25, 0.3) is 5.91 Å². The van der Waals surface area contributed by atoms with Crippen LogP contribution in [0.5, 0.6) is 11.5 Å². The molecule has 0 saturated carbocycles. The molecule has 2 aromatic carbocycles. The van der Waals surface area contributed by atoms with Crippen LogP contribution in [0.3, 0.4) is 0 Å². The van der Waals surface area contributed by atoms with E-state index in [0.717, 1.165) is 23.9 Å². The first-order valence-corrected chi connectivity index (χ1v) is 10.6. The molecule has 2 aliphatic rings. The van der Waals surface area contributed by atoms with E-state index < -0.39 is 0 Å². The number of hydrogen-bond donors (Lipinski definition) is 0. The molecule has 3 aromatic rings. The first-order valence-electron chi connectivity index (χ1n) is 9.41. The molecule has 0 N–H and O–H groups in total. The third-order valence-corrected chi connectivity index (χ3v) is 6.28. The average Bonchev–Trinajstić information content (AvgIpc) is 3.39. The van der Waals surface area contributed by atoms with Crippen LogP contribution in [0.4, 0.5) is 5.69 Å². The molecular formula is C22H18N2O3S2. The summed E-state index contributed by atoms with van der Waals surface area (Å²) in [6, 6.07) is 13.7. The summed E-state index contributed by atoms with van der Waals surface area (Å²) in [6.45, 7) is 3.29. The molecular weight excluding hydrogens is 404 g/mol. The van der Waals surface area contributed by atoms with Crippen LogP contribution in [0.15, 0.2) is 53.6 Å². The third-order valence-electron chi connectivity index (χ3n) is 4.98. The van der Waals surface area contributed by atoms with E-state index in [2.05, 4.69) is 29.8 Å². The summed E-state index contributed by atoms with van der Waals surface area (Å²) in [4.78, 5) is 15.3. The minimum absolute atomic E-state index is 0.119. The Kier molecular flexibility index (Phi) is 4.56. The molecule has 3 heterocycles. The van der Waals surface area contributed by atoms with E-state index in [9.17, 15) is 4.79 Å². The van der Waals surface area contributed by atoms with Gasteiger partial charge in [-0.15, -0.1) is 0 Å². The average molecular weight is 423 g/mol. The molecule has 0 unspecified atom stereocenters. The lowest BCUT2D eigenvalue weighted by molar-refractivity contribution is -0.113. The third kappa shape index (κ3) is 3.10. The Labute approximate surface area is 177 Å². The van der Waals surface area contributed by atoms with Gasteiger partial charge in [-0.2, -0.15) is 0 Å². The molecule has 146 valence electrons. The highest BCUT2D eigenvalue weighted by Crippen LogP contribution is 2.41. The van der Waals surface area contributed by atoms with Gasteiger partial charge in [0.15, 0.2) is 15.8 Å². The molecule has 1 aromatic heterocycles. The van der Waals surface area contributed by atoms with Crippen LogP contribution in [-0.2, 0) is 11.3 Å². The summed E-state index contributed by atoms with van der Waals surface area (Å²) in [7, 11) is 0. The van der Waals surface area contributed by atoms with E-state index in [1.165, 1.54) is 17.3 Å². The molecule has 1 saturated heterocycles. The van der Waals surface area contributed by atoms with E-state index in [1.807, 2.05) is 24.3 Å². The monoisotopic (exact) mass is 422 g/mol. The molecule has 5 rings (SSSR count). The van der Waals surface area contributed by atoms with Crippen molar-refractivity contribution in [2.75, 3.05) is 11.7 Å². The summed E-state index contributed by atoms with van der Waals surface area (Å²) < 4.78 is 13.5. The first-order chi connectivity index (χ1) is 14.2. The maximum Gasteiger partial charge on any atom is 0.270 e. The zero-order valence-electron chi connectivity index (χ0n) is 15.8. The topological polar surface area (TPSA) is 43.7 Å². The second kappa shape index (κ2) is 7.24. The number of para-hydroxylation sites is 1. The smallest absolute Gasteiger partial charge is 0.270 e. The van der Waals surface area contributed by atoms with E-state index in [-0.39, 0.29) is 12.7 Å². The fourth-order valence-corrected chi connectivity index (χ4v) is 4.96. The molecule has 29 heavy (non-hydrogen) atoms. The predicted molar refractivity (Wildman–Crippen MR) is 120 cm³/mol. The Morgan fingerprint density at radius 1 is 1.17 bits per heavy atom. The molecule has 0 spiro atoms. The van der Waals surface area contributed by atoms with Crippen molar-refractivity contribution >= 4 is 56.9 Å². The Bertz CT molecular complexity index is 1180. The van der Waals surface area contributed by atoms with Crippen molar-refractivity contribution in [2.45, 2.75) is 19.9 Å². The quantitative estimate of drug-likeness (QED) is 0.428. The van der Waals surface area contributed by atoms with Crippen molar-refractivity contribution in [3.05, 3.63) is 59.1 Å². The van der Waals surface area contributed by atoms with Crippen LogP contribution in [0.25, 0.3) is 17.0 Å². The normalized spacial score (nSPS) is 17.1. The number of thioether (sulfide) groups is 1. The van der Waals surface area contributed by atoms with Gasteiger partial charge < -0.3 is 14.0 Å². The molecule has 7 heteroatoms. The summed E-state index contributed by atoms with van der Waals surface area (Å²) in [5.74, 6) is 1.19. The molecule has 5 nitrogen and oxygen atoms in total. The zero-order valence-corrected chi connectivity index (χ0v) is 17.4. The number of benzene rings is 2. The number of aryl methyl sites for hydroxylation is 1. The summed E-state index contributed by atoms with van der Waals surface area (Å²) in [6.07, 6.45) is 5.10. The number of aromatic nitrogens is 1. The number of fused-ring (bicyclic) bond motifs is 2. The fourth-order valence-electron chi connectivity index (χ4n) is 3.67. The van der Waals surface area contributed by atoms with Gasteiger partial charge in [0.2, 0.25) is 6.79 Å². The number of anilines is 1. The number of carbonyl (C=O) groups is 1. The maximum atomic E-state index is 13.2. The Morgan fingerprint density at radius 2 is 2.00 bits per heavy atom. The van der Waals surface area contributed by atoms with Crippen molar-refractivity contribution in [1.82, 2.24) is 4.57 Å². The van der Waals surface area contributed by atoms with Crippen LogP contribution in [0, 0.1) is 0 Å². The van der Waals surface area contributed by atoms with Crippen molar-refractivity contribution in [3.63, 3.8) is 0 Å². The van der Waals surface area contributed by atoms with Crippen molar-refractivity contribution in [1.29, 1.82) is 0 Å². The van der Waals surface area contributed by atoms with Gasteiger partial charge in [-0.25, -0.2) is 0 Å². The second-order valence-corrected chi connectivity index (χ2v) is 8.53. The van der Waals surface area contributed by atoms with Crippen molar-refractivity contribution < 1.29 is 14.3 Å². The van der Waals surface area contributed by atoms with Crippen LogP contribution in [-0.4, -0.2) is 21.6 Å². The summed E-state index contributed by atoms with van der Waals surface area (Å²) in [5.41, 5.74) is 2.89. The van der Waals surface area contributed by atoms with Gasteiger partial charge in [0.05, 0.1) is 10.6 Å². The molecule has 0 aliphatic carbocycles. The first kappa shape index (κ1) is 18.3. The minimum Gasteiger partial charge on any atom is -0.454 e. The van der Waals surface area contributed by atoms with Gasteiger partial charge in [-0.3, -0.25) is 9.69 Å². The van der Waals surface area contributed by atoms with E-state index in [4.69, 9.17) is 21.7 Å². The lowest BCUT2D eigenvalue weighted by atomic mass is 10.1. The van der Waals surface area contributed by atoms with Gasteiger partial charge in [0, 0.05) is 35.3 Å². The maximum absolute atomic E-state index is 13.2. The van der Waals surface area contributed by atoms with Crippen LogP contribution >= 0.6 is 24.0 Å². The summed E-state index contributed by atoms with van der Waals surface area (Å²) >= 11 is 6.84. The zero-order chi connectivity index (χ0) is 20.0. The number of ether oxygens (including phenoxy) is 2. The number of thiocarbonyl (C=S) groups is 1. The van der Waals surface area contributed by atoms with Gasteiger partial charge in [-0.05, 0) is 30.7 Å². The highest BCUT2D eigenvalue weighted by atomic mass is 32.2. The predicted octanol–water partition coefficient (Wildman–Crippen LogP) is 5.19. The number of hydrogen-bond acceptors (Lipinski definition) is 5. The highest BCUT2D eigenvalue weighted by molar-refractivity contribution is 8.27. The number of rotatable bonds is 4. The van der Waals surface area contributed by atoms with Gasteiger partial charge in [0.1, 0.15) is 0 Å². The minimum atomic E-state index is -0.119. The molecule has 0 radical (unpaired) electrons. The van der Waals surface area contributed by atoms with E-state index in [0.29, 0.717) is 26.4 Å². The van der Waals surface area contributed by atoms with E-state index >= 15 is 0 Å². The Morgan fingerprint density at radius 3 is 2.86 bits per heavy atom. The van der Waals surface area contributed by atoms with Gasteiger partial charge in [-0.1, -0.05) is 49.1 Å². The number of carbonyl (C=O) groups excluding carboxylic acids is 1. The van der Waals surface area contributed by atoms with Crippen molar-refractivity contribution in [3.8, 4) is 11.5 Å². The van der Waals surface area contributed by atoms with Crippen molar-refractivity contribution in [2.24, 2.45) is 0 Å². The second-order valence-electron chi connectivity index (χ2n) is 6.85. The standard InChI is InChI=1S/C22H18N2O3S2/c1-2-9-23-12-14(16-5-3-4-6-17(16)23)10-20-21(25)24(22(28)29-20)15-7-8-18-19(11-15)27-13-26-18/h3-8,10-12H,2,9,13H2,1H3/b20-10-. The van der Waals surface area contributed by atoms with Crippen LogP contribution in [0.2, 0.25) is 0 Å². The van der Waals surface area contributed by atoms with Gasteiger partial charge >= 0.3 is 0 Å². The largest absolute Gasteiger partial charge is 0.454 e. The SMILES string of the molecule is CCCn1cc(/C=C2\SC(=S)N(c3ccc4c(c3)OCO4)C2=O)c2ccccc21. The molecule has 0 bridgehead atoms. The highest BCUT2D eigenvalue weighted by Gasteiger charge is 2.34. The lowest BCUT2D eigenvalue weighted by Crippen LogP contribution is -2.27. The lowest BCUT2D eigenvalue weighted by Gasteiger charge is -2.14. The molecule has 1 fully saturated rings. The van der Waals surface area contributed by atoms with E-state index in [1.54, 1.807) is 17.0 Å². The Hall–Kier alpha value is -2.77. The Balaban J connectivity index is 1.52. The van der Waals surface area contributed by atoms with Crippen LogP contribution < -0.4 is 14.4 Å². The number of amides is 1. The molecule has 0 atom stereocenters. The number of nitrogens with zero attached hydrogens (tertiary/aromatic N) is 2. The molecule has 2 aliphatic heterocycles. The summed E-state index contributed by atoms with van der Waals surface area (Å²) in [5, 5.41) is 1.13. The molecule has 1 amide bonds. The fraction of sp³-hybridized carbons (Fsp3) is 0.182.